The molecule has 0 spiro atoms. The number of ether oxygens (including phenoxy) is 2. The normalized spacial score (nSPS) is 11.9. The van der Waals surface area contributed by atoms with E-state index in [9.17, 15) is 9.59 Å². The van der Waals surface area contributed by atoms with Gasteiger partial charge < -0.3 is 19.3 Å². The van der Waals surface area contributed by atoms with Crippen molar-refractivity contribution in [3.63, 3.8) is 0 Å². The molecule has 0 saturated carbocycles. The van der Waals surface area contributed by atoms with Gasteiger partial charge in [0.15, 0.2) is 6.10 Å². The summed E-state index contributed by atoms with van der Waals surface area (Å²) >= 11 is 0. The zero-order valence-electron chi connectivity index (χ0n) is 19.6. The molecule has 0 aliphatic rings. The number of carbonyl (C=O) groups is 2. The highest BCUT2D eigenvalue weighted by Crippen LogP contribution is 2.29. The van der Waals surface area contributed by atoms with Gasteiger partial charge in [-0.15, -0.1) is 0 Å². The number of hydrogen-bond acceptors (Lipinski definition) is 6. The van der Waals surface area contributed by atoms with E-state index in [-0.39, 0.29) is 5.78 Å². The van der Waals surface area contributed by atoms with E-state index in [0.29, 0.717) is 11.1 Å². The van der Waals surface area contributed by atoms with Crippen molar-refractivity contribution in [2.45, 2.75) is 19.4 Å². The number of nitrogens with zero attached hydrogens (tertiary/aromatic N) is 1. The number of benzene rings is 3. The minimum absolute atomic E-state index is 0.314. The molecule has 178 valence electrons. The zero-order valence-corrected chi connectivity index (χ0v) is 19.6. The number of nitrogens with one attached hydrogen (secondary N) is 1. The van der Waals surface area contributed by atoms with E-state index in [1.54, 1.807) is 61.8 Å². The molecule has 3 aromatic carbocycles. The molecule has 0 aliphatic carbocycles. The summed E-state index contributed by atoms with van der Waals surface area (Å²) in [6.07, 6.45) is 2.87. The van der Waals surface area contributed by atoms with Gasteiger partial charge in [0.2, 0.25) is 12.4 Å². The number of hydrogen-bond donors (Lipinski definition) is 1. The molecule has 1 aromatic heterocycles. The standard InChI is InChI=1S/C28H26N2O5/c1-3-20-10-7-11-23-24(17-29-26(20)23)27(32)28(21-8-5-4-6-9-21)35-25(31)18-34-30-16-19-12-14-22(33-2)15-13-19/h4-17,28-29H,3,18H2,1-2H3/b30-16-/t28-/m1/s1. The molecule has 0 bridgehead atoms. The number of esters is 1. The third-order valence-corrected chi connectivity index (χ3v) is 5.61. The van der Waals surface area contributed by atoms with Crippen LogP contribution in [0.25, 0.3) is 10.9 Å². The molecule has 0 radical (unpaired) electrons. The maximum absolute atomic E-state index is 13.5. The van der Waals surface area contributed by atoms with Crippen LogP contribution in [0.2, 0.25) is 0 Å². The van der Waals surface area contributed by atoms with E-state index in [1.165, 1.54) is 6.21 Å². The maximum Gasteiger partial charge on any atom is 0.348 e. The zero-order chi connectivity index (χ0) is 24.6. The van der Waals surface area contributed by atoms with Crippen LogP contribution in [0.15, 0.2) is 84.1 Å². The minimum atomic E-state index is -1.11. The second-order valence-corrected chi connectivity index (χ2v) is 7.82. The lowest BCUT2D eigenvalue weighted by atomic mass is 9.98. The molecular weight excluding hydrogens is 444 g/mol. The molecule has 7 nitrogen and oxygen atoms in total. The van der Waals surface area contributed by atoms with Gasteiger partial charge in [-0.05, 0) is 41.8 Å². The summed E-state index contributed by atoms with van der Waals surface area (Å²) < 4.78 is 10.7. The van der Waals surface area contributed by atoms with Gasteiger partial charge in [0.25, 0.3) is 0 Å². The van der Waals surface area contributed by atoms with Crippen LogP contribution in [0.4, 0.5) is 0 Å². The number of oxime groups is 1. The first-order valence-electron chi connectivity index (χ1n) is 11.3. The number of aromatic amines is 1. The summed E-state index contributed by atoms with van der Waals surface area (Å²) in [6.45, 7) is 1.62. The molecule has 4 rings (SSSR count). The van der Waals surface area contributed by atoms with Gasteiger partial charge in [0.05, 0.1) is 13.3 Å². The highest BCUT2D eigenvalue weighted by molar-refractivity contribution is 6.11. The van der Waals surface area contributed by atoms with E-state index in [4.69, 9.17) is 14.3 Å². The second kappa shape index (κ2) is 11.2. The summed E-state index contributed by atoms with van der Waals surface area (Å²) in [5, 5.41) is 4.61. The first-order valence-corrected chi connectivity index (χ1v) is 11.3. The number of methoxy groups -OCH3 is 1. The van der Waals surface area contributed by atoms with Gasteiger partial charge in [-0.1, -0.05) is 60.6 Å². The monoisotopic (exact) mass is 470 g/mol. The number of fused-ring (bicyclic) bond motifs is 1. The molecule has 4 aromatic rings. The fraction of sp³-hybridized carbons (Fsp3) is 0.179. The molecule has 35 heavy (non-hydrogen) atoms. The van der Waals surface area contributed by atoms with E-state index < -0.39 is 18.7 Å². The maximum atomic E-state index is 13.5. The number of ketones is 1. The van der Waals surface area contributed by atoms with Crippen LogP contribution in [-0.4, -0.2) is 36.7 Å². The molecule has 0 saturated heterocycles. The number of aryl methyl sites for hydroxylation is 1. The molecular formula is C28H26N2O5. The third kappa shape index (κ3) is 5.58. The van der Waals surface area contributed by atoms with Crippen LogP contribution in [0.1, 0.15) is 40.1 Å². The molecule has 0 unspecified atom stereocenters. The lowest BCUT2D eigenvalue weighted by molar-refractivity contribution is -0.152. The number of rotatable bonds is 10. The highest BCUT2D eigenvalue weighted by atomic mass is 16.7. The second-order valence-electron chi connectivity index (χ2n) is 7.82. The molecule has 1 N–H and O–H groups in total. The number of H-pyrrole nitrogens is 1. The average molecular weight is 471 g/mol. The van der Waals surface area contributed by atoms with Crippen molar-refractivity contribution in [3.8, 4) is 5.75 Å². The van der Waals surface area contributed by atoms with Crippen LogP contribution < -0.4 is 4.74 Å². The average Bonchev–Trinajstić information content (AvgIpc) is 3.34. The highest BCUT2D eigenvalue weighted by Gasteiger charge is 2.28. The van der Waals surface area contributed by atoms with E-state index in [1.807, 2.05) is 24.3 Å². The summed E-state index contributed by atoms with van der Waals surface area (Å²) in [7, 11) is 1.59. The molecule has 0 amide bonds. The smallest absolute Gasteiger partial charge is 0.348 e. The van der Waals surface area contributed by atoms with E-state index in [2.05, 4.69) is 17.1 Å². The molecule has 1 atom stereocenters. The number of para-hydroxylation sites is 1. The van der Waals surface area contributed by atoms with Crippen molar-refractivity contribution in [2.24, 2.45) is 5.16 Å². The molecule has 0 aliphatic heterocycles. The van der Waals surface area contributed by atoms with Crippen molar-refractivity contribution >= 4 is 28.9 Å². The van der Waals surface area contributed by atoms with E-state index >= 15 is 0 Å². The summed E-state index contributed by atoms with van der Waals surface area (Å²) in [6, 6.07) is 22.0. The molecule has 7 heteroatoms. The quantitative estimate of drug-likeness (QED) is 0.148. The van der Waals surface area contributed by atoms with Crippen LogP contribution in [0.3, 0.4) is 0 Å². The molecule has 1 heterocycles. The summed E-state index contributed by atoms with van der Waals surface area (Å²) in [5.41, 5.74) is 3.84. The topological polar surface area (TPSA) is 90.0 Å². The SMILES string of the molecule is CCc1cccc2c(C(=O)[C@H](OC(=O)CO/N=C\c3ccc(OC)cc3)c3ccccc3)c[nH]c12. The first kappa shape index (κ1) is 23.8. The lowest BCUT2D eigenvalue weighted by Gasteiger charge is -2.17. The van der Waals surface area contributed by atoms with Gasteiger partial charge in [-0.3, -0.25) is 4.79 Å². The van der Waals surface area contributed by atoms with Crippen molar-refractivity contribution in [3.05, 3.63) is 101 Å². The Morgan fingerprint density at radius 3 is 2.49 bits per heavy atom. The number of carbonyl (C=O) groups excluding carboxylic acids is 2. The predicted molar refractivity (Wildman–Crippen MR) is 134 cm³/mol. The Hall–Kier alpha value is -4.39. The van der Waals surface area contributed by atoms with Gasteiger partial charge in [-0.2, -0.15) is 0 Å². The fourth-order valence-electron chi connectivity index (χ4n) is 3.80. The first-order chi connectivity index (χ1) is 17.1. The Morgan fingerprint density at radius 1 is 1.00 bits per heavy atom. The van der Waals surface area contributed by atoms with E-state index in [0.717, 1.165) is 34.2 Å². The van der Waals surface area contributed by atoms with Crippen LogP contribution >= 0.6 is 0 Å². The number of aromatic nitrogens is 1. The van der Waals surface area contributed by atoms with Crippen molar-refractivity contribution in [2.75, 3.05) is 13.7 Å². The summed E-state index contributed by atoms with van der Waals surface area (Å²) in [5.74, 6) is -0.289. The third-order valence-electron chi connectivity index (χ3n) is 5.61. The van der Waals surface area contributed by atoms with Crippen LogP contribution in [-0.2, 0) is 20.8 Å². The largest absolute Gasteiger partial charge is 0.497 e. The van der Waals surface area contributed by atoms with Crippen molar-refractivity contribution in [1.82, 2.24) is 4.98 Å². The summed E-state index contributed by atoms with van der Waals surface area (Å²) in [4.78, 5) is 34.4. The van der Waals surface area contributed by atoms with Crippen molar-refractivity contribution in [1.29, 1.82) is 0 Å². The predicted octanol–water partition coefficient (Wildman–Crippen LogP) is 5.26. The fourth-order valence-corrected chi connectivity index (χ4v) is 3.80. The Labute approximate surface area is 203 Å². The van der Waals surface area contributed by atoms with Crippen LogP contribution in [0.5, 0.6) is 5.75 Å². The van der Waals surface area contributed by atoms with Gasteiger partial charge in [0, 0.05) is 28.2 Å². The Kier molecular flexibility index (Phi) is 7.57. The Balaban J connectivity index is 1.48. The lowest BCUT2D eigenvalue weighted by Crippen LogP contribution is -2.22. The Bertz CT molecular complexity index is 1330. The molecule has 0 fully saturated rings. The number of Topliss-reactive ketones (excluding diaryl/α,β-unsaturated/α-hetero) is 1. The van der Waals surface area contributed by atoms with Crippen LogP contribution in [0, 0.1) is 0 Å². The van der Waals surface area contributed by atoms with Gasteiger partial charge in [0.1, 0.15) is 5.75 Å². The Morgan fingerprint density at radius 2 is 1.77 bits per heavy atom. The minimum Gasteiger partial charge on any atom is -0.497 e. The van der Waals surface area contributed by atoms with Gasteiger partial charge in [-0.25, -0.2) is 4.79 Å². The van der Waals surface area contributed by atoms with Crippen molar-refractivity contribution < 1.29 is 23.9 Å². The van der Waals surface area contributed by atoms with Gasteiger partial charge >= 0.3 is 5.97 Å².